The van der Waals surface area contributed by atoms with Gasteiger partial charge in [-0.15, -0.1) is 0 Å². The predicted molar refractivity (Wildman–Crippen MR) is 110 cm³/mol. The Hall–Kier alpha value is -2.22. The third-order valence-electron chi connectivity index (χ3n) is 6.13. The lowest BCUT2D eigenvalue weighted by molar-refractivity contribution is -0.134. The second-order valence-electron chi connectivity index (χ2n) is 8.27. The topological polar surface area (TPSA) is 87.1 Å². The van der Waals surface area contributed by atoms with E-state index in [-0.39, 0.29) is 29.7 Å². The van der Waals surface area contributed by atoms with E-state index >= 15 is 0 Å². The molecular weight excluding hydrogens is 390 g/mol. The lowest BCUT2D eigenvalue weighted by Gasteiger charge is -2.34. The minimum atomic E-state index is -3.12. The first-order valence-electron chi connectivity index (χ1n) is 10.3. The molecule has 7 nitrogen and oxygen atoms in total. The van der Waals surface area contributed by atoms with Gasteiger partial charge in [-0.3, -0.25) is 9.59 Å². The van der Waals surface area contributed by atoms with Gasteiger partial charge >= 0.3 is 0 Å². The molecule has 1 aromatic rings. The summed E-state index contributed by atoms with van der Waals surface area (Å²) in [6.07, 6.45) is 3.88. The number of carbonyl (C=O) groups excluding carboxylic acids is 2. The van der Waals surface area contributed by atoms with E-state index < -0.39 is 15.9 Å². The zero-order valence-corrected chi connectivity index (χ0v) is 17.3. The maximum atomic E-state index is 13.0. The highest BCUT2D eigenvalue weighted by Gasteiger charge is 2.38. The molecule has 0 saturated carbocycles. The summed E-state index contributed by atoms with van der Waals surface area (Å²) in [7, 11) is -3.12. The fourth-order valence-electron chi connectivity index (χ4n) is 4.45. The number of rotatable bonds is 4. The van der Waals surface area contributed by atoms with E-state index in [1.54, 1.807) is 0 Å². The molecule has 0 bridgehead atoms. The monoisotopic (exact) mass is 417 g/mol. The number of amides is 2. The SMILES string of the molecule is O=C(C1=NN([C@H]2CCS(=O)(=O)C2)C(=O)CC1)N1CCC(Cc2ccccc2)CC1. The Labute approximate surface area is 171 Å². The zero-order chi connectivity index (χ0) is 20.4. The summed E-state index contributed by atoms with van der Waals surface area (Å²) in [5, 5.41) is 5.58. The molecule has 3 heterocycles. The van der Waals surface area contributed by atoms with Crippen molar-refractivity contribution in [2.75, 3.05) is 24.6 Å². The summed E-state index contributed by atoms with van der Waals surface area (Å²) in [5.74, 6) is 0.285. The van der Waals surface area contributed by atoms with Crippen molar-refractivity contribution in [1.82, 2.24) is 9.91 Å². The molecule has 0 radical (unpaired) electrons. The Kier molecular flexibility index (Phi) is 5.72. The smallest absolute Gasteiger partial charge is 0.270 e. The summed E-state index contributed by atoms with van der Waals surface area (Å²) >= 11 is 0. The molecule has 0 unspecified atom stereocenters. The number of carbonyl (C=O) groups is 2. The van der Waals surface area contributed by atoms with Gasteiger partial charge in [-0.25, -0.2) is 13.4 Å². The molecular formula is C21H27N3O4S. The van der Waals surface area contributed by atoms with Crippen molar-refractivity contribution in [3.8, 4) is 0 Å². The number of hydrogen-bond acceptors (Lipinski definition) is 5. The van der Waals surface area contributed by atoms with Crippen LogP contribution in [0.4, 0.5) is 0 Å². The Morgan fingerprint density at radius 2 is 1.79 bits per heavy atom. The van der Waals surface area contributed by atoms with Crippen LogP contribution in [0, 0.1) is 5.92 Å². The third kappa shape index (κ3) is 4.69. The standard InChI is InChI=1S/C21H27N3O4S/c25-20-7-6-19(22-24(20)18-10-13-29(27,28)15-18)21(26)23-11-8-17(9-12-23)14-16-4-2-1-3-5-16/h1-5,17-18H,6-15H2/t18-/m0/s1. The quantitative estimate of drug-likeness (QED) is 0.745. The number of hydrazone groups is 1. The van der Waals surface area contributed by atoms with Gasteiger partial charge in [-0.2, -0.15) is 5.10 Å². The summed E-state index contributed by atoms with van der Waals surface area (Å²) in [4.78, 5) is 27.0. The van der Waals surface area contributed by atoms with Gasteiger partial charge in [0.15, 0.2) is 9.84 Å². The van der Waals surface area contributed by atoms with Crippen LogP contribution in [0.3, 0.4) is 0 Å². The molecule has 4 rings (SSSR count). The molecule has 8 heteroatoms. The van der Waals surface area contributed by atoms with E-state index in [0.717, 1.165) is 19.3 Å². The largest absolute Gasteiger partial charge is 0.338 e. The first-order valence-corrected chi connectivity index (χ1v) is 12.2. The number of benzene rings is 1. The highest BCUT2D eigenvalue weighted by atomic mass is 32.2. The molecule has 29 heavy (non-hydrogen) atoms. The lowest BCUT2D eigenvalue weighted by atomic mass is 9.90. The third-order valence-corrected chi connectivity index (χ3v) is 7.88. The molecule has 0 N–H and O–H groups in total. The Bertz CT molecular complexity index is 905. The molecule has 2 amide bonds. The summed E-state index contributed by atoms with van der Waals surface area (Å²) < 4.78 is 23.5. The normalized spacial score (nSPS) is 25.2. The molecule has 0 aliphatic carbocycles. The summed E-state index contributed by atoms with van der Waals surface area (Å²) in [6.45, 7) is 1.39. The van der Waals surface area contributed by atoms with Gasteiger partial charge in [0.05, 0.1) is 17.5 Å². The molecule has 0 aromatic heterocycles. The molecule has 2 saturated heterocycles. The van der Waals surface area contributed by atoms with Crippen LogP contribution in [-0.2, 0) is 25.8 Å². The van der Waals surface area contributed by atoms with Crippen molar-refractivity contribution in [1.29, 1.82) is 0 Å². The van der Waals surface area contributed by atoms with E-state index in [1.165, 1.54) is 10.6 Å². The van der Waals surface area contributed by atoms with Gasteiger partial charge in [-0.1, -0.05) is 30.3 Å². The minimum Gasteiger partial charge on any atom is -0.338 e. The Balaban J connectivity index is 1.37. The average molecular weight is 418 g/mol. The molecule has 0 spiro atoms. The summed E-state index contributed by atoms with van der Waals surface area (Å²) in [5.41, 5.74) is 1.71. The van der Waals surface area contributed by atoms with Crippen LogP contribution in [0.5, 0.6) is 0 Å². The van der Waals surface area contributed by atoms with Crippen LogP contribution in [0.15, 0.2) is 35.4 Å². The molecule has 3 aliphatic rings. The van der Waals surface area contributed by atoms with E-state index in [0.29, 0.717) is 37.6 Å². The first-order chi connectivity index (χ1) is 13.9. The summed E-state index contributed by atoms with van der Waals surface area (Å²) in [6, 6.07) is 9.97. The van der Waals surface area contributed by atoms with Crippen LogP contribution in [0.25, 0.3) is 0 Å². The van der Waals surface area contributed by atoms with Crippen molar-refractivity contribution in [2.45, 2.75) is 44.6 Å². The van der Waals surface area contributed by atoms with E-state index in [2.05, 4.69) is 29.4 Å². The van der Waals surface area contributed by atoms with Crippen molar-refractivity contribution >= 4 is 27.4 Å². The van der Waals surface area contributed by atoms with Crippen LogP contribution in [0.2, 0.25) is 0 Å². The lowest BCUT2D eigenvalue weighted by Crippen LogP contribution is -2.47. The van der Waals surface area contributed by atoms with Gasteiger partial charge in [0.2, 0.25) is 5.91 Å². The average Bonchev–Trinajstić information content (AvgIpc) is 3.09. The van der Waals surface area contributed by atoms with Crippen LogP contribution >= 0.6 is 0 Å². The van der Waals surface area contributed by atoms with Gasteiger partial charge < -0.3 is 4.90 Å². The van der Waals surface area contributed by atoms with Crippen LogP contribution in [0.1, 0.15) is 37.7 Å². The van der Waals surface area contributed by atoms with Crippen molar-refractivity contribution < 1.29 is 18.0 Å². The van der Waals surface area contributed by atoms with Gasteiger partial charge in [-0.05, 0) is 37.2 Å². The second-order valence-corrected chi connectivity index (χ2v) is 10.5. The highest BCUT2D eigenvalue weighted by molar-refractivity contribution is 7.91. The van der Waals surface area contributed by atoms with Crippen LogP contribution in [-0.4, -0.2) is 66.5 Å². The number of hydrogen-bond donors (Lipinski definition) is 0. The molecule has 1 atom stereocenters. The van der Waals surface area contributed by atoms with Gasteiger partial charge in [0, 0.05) is 25.9 Å². The highest BCUT2D eigenvalue weighted by Crippen LogP contribution is 2.25. The number of piperidine rings is 1. The van der Waals surface area contributed by atoms with Gasteiger partial charge in [0.25, 0.3) is 5.91 Å². The van der Waals surface area contributed by atoms with Crippen LogP contribution < -0.4 is 0 Å². The van der Waals surface area contributed by atoms with Gasteiger partial charge in [0.1, 0.15) is 5.71 Å². The zero-order valence-electron chi connectivity index (χ0n) is 16.5. The maximum absolute atomic E-state index is 13.0. The molecule has 3 aliphatic heterocycles. The van der Waals surface area contributed by atoms with Crippen molar-refractivity contribution in [3.05, 3.63) is 35.9 Å². The Morgan fingerprint density at radius 3 is 2.45 bits per heavy atom. The minimum absolute atomic E-state index is 0.0609. The van der Waals surface area contributed by atoms with Crippen molar-refractivity contribution in [3.63, 3.8) is 0 Å². The number of nitrogens with zero attached hydrogens (tertiary/aromatic N) is 3. The molecule has 156 valence electrons. The molecule has 1 aromatic carbocycles. The fourth-order valence-corrected chi connectivity index (χ4v) is 6.14. The molecule has 2 fully saturated rings. The fraction of sp³-hybridized carbons (Fsp3) is 0.571. The maximum Gasteiger partial charge on any atom is 0.270 e. The Morgan fingerprint density at radius 1 is 1.07 bits per heavy atom. The number of sulfone groups is 1. The first kappa shape index (κ1) is 20.1. The second kappa shape index (κ2) is 8.26. The van der Waals surface area contributed by atoms with E-state index in [4.69, 9.17) is 0 Å². The van der Waals surface area contributed by atoms with E-state index in [9.17, 15) is 18.0 Å². The van der Waals surface area contributed by atoms with E-state index in [1.807, 2.05) is 11.0 Å². The van der Waals surface area contributed by atoms with Crippen molar-refractivity contribution in [2.24, 2.45) is 11.0 Å². The number of likely N-dealkylation sites (tertiary alicyclic amines) is 1. The predicted octanol–water partition coefficient (Wildman–Crippen LogP) is 1.63.